The second-order valence-electron chi connectivity index (χ2n) is 7.38. The molecule has 0 unspecified atom stereocenters. The summed E-state index contributed by atoms with van der Waals surface area (Å²) in [5.74, 6) is 0.120. The molecule has 176 valence electrons. The number of carbonyl (C=O) groups is 2. The van der Waals surface area contributed by atoms with Crippen molar-refractivity contribution in [2.24, 2.45) is 5.11 Å². The zero-order chi connectivity index (χ0) is 23.9. The maximum absolute atomic E-state index is 12.9. The van der Waals surface area contributed by atoms with Crippen molar-refractivity contribution in [2.75, 3.05) is 25.0 Å². The van der Waals surface area contributed by atoms with E-state index in [1.807, 2.05) is 0 Å². The molecule has 0 atom stereocenters. The third kappa shape index (κ3) is 9.10. The summed E-state index contributed by atoms with van der Waals surface area (Å²) in [6.45, 7) is 4.04. The average Bonchev–Trinajstić information content (AvgIpc) is 2.84. The van der Waals surface area contributed by atoms with Crippen LogP contribution in [0.2, 0.25) is 0 Å². The van der Waals surface area contributed by atoms with Crippen LogP contribution in [0.4, 0.5) is 10.5 Å². The monoisotopic (exact) mass is 454 g/mol. The molecule has 10 heteroatoms. The summed E-state index contributed by atoms with van der Waals surface area (Å²) in [6, 6.07) is 13.7. The number of hydroxylamine groups is 1. The highest BCUT2D eigenvalue weighted by Crippen LogP contribution is 2.17. The predicted octanol–water partition coefficient (Wildman–Crippen LogP) is 5.11. The number of azide groups is 1. The lowest BCUT2D eigenvalue weighted by Gasteiger charge is -2.23. The van der Waals surface area contributed by atoms with Crippen molar-refractivity contribution in [3.05, 3.63) is 70.1 Å². The third-order valence-corrected chi connectivity index (χ3v) is 4.85. The summed E-state index contributed by atoms with van der Waals surface area (Å²) in [6.07, 6.45) is 3.37. The van der Waals surface area contributed by atoms with E-state index < -0.39 is 5.91 Å². The summed E-state index contributed by atoms with van der Waals surface area (Å²) in [5.41, 5.74) is 11.7. The molecule has 0 saturated heterocycles. The van der Waals surface area contributed by atoms with Gasteiger partial charge in [-0.2, -0.15) is 0 Å². The molecule has 0 saturated carbocycles. The molecule has 0 aliphatic rings. The Kier molecular flexibility index (Phi) is 11.1. The second kappa shape index (κ2) is 14.3. The molecule has 10 nitrogen and oxygen atoms in total. The van der Waals surface area contributed by atoms with Gasteiger partial charge in [0.25, 0.3) is 5.91 Å². The van der Waals surface area contributed by atoms with E-state index in [0.717, 1.165) is 31.2 Å². The standard InChI is InChI=1S/C23H30N6O4/c1-2-3-15-29(17-18-6-8-19(9-7-18)22(30)27-32)23(31)26-20-10-12-21(13-11-20)33-16-5-4-14-25-28-24/h6-13,32H,2-5,14-17H2,1H3,(H,26,31)(H,27,30). The average molecular weight is 455 g/mol. The summed E-state index contributed by atoms with van der Waals surface area (Å²) < 4.78 is 5.66. The van der Waals surface area contributed by atoms with E-state index in [1.165, 1.54) is 0 Å². The van der Waals surface area contributed by atoms with Crippen LogP contribution in [-0.2, 0) is 6.54 Å². The maximum atomic E-state index is 12.9. The number of nitrogens with zero attached hydrogens (tertiary/aromatic N) is 4. The highest BCUT2D eigenvalue weighted by atomic mass is 16.5. The van der Waals surface area contributed by atoms with Gasteiger partial charge in [0.15, 0.2) is 0 Å². The van der Waals surface area contributed by atoms with Crippen molar-refractivity contribution in [3.8, 4) is 5.75 Å². The number of benzene rings is 2. The van der Waals surface area contributed by atoms with Gasteiger partial charge in [0.05, 0.1) is 6.61 Å². The van der Waals surface area contributed by atoms with Crippen LogP contribution in [0.25, 0.3) is 10.4 Å². The van der Waals surface area contributed by atoms with Gasteiger partial charge in [-0.3, -0.25) is 10.0 Å². The van der Waals surface area contributed by atoms with E-state index in [2.05, 4.69) is 22.3 Å². The zero-order valence-electron chi connectivity index (χ0n) is 18.7. The number of hydrogen-bond donors (Lipinski definition) is 3. The van der Waals surface area contributed by atoms with Crippen molar-refractivity contribution < 1.29 is 19.5 Å². The molecular formula is C23H30N6O4. The van der Waals surface area contributed by atoms with E-state index in [0.29, 0.717) is 43.2 Å². The molecule has 0 heterocycles. The van der Waals surface area contributed by atoms with E-state index >= 15 is 0 Å². The second-order valence-corrected chi connectivity index (χ2v) is 7.38. The van der Waals surface area contributed by atoms with Crippen LogP contribution < -0.4 is 15.5 Å². The summed E-state index contributed by atoms with van der Waals surface area (Å²) in [7, 11) is 0. The zero-order valence-corrected chi connectivity index (χ0v) is 18.7. The van der Waals surface area contributed by atoms with Gasteiger partial charge >= 0.3 is 6.03 Å². The molecule has 2 rings (SSSR count). The Labute approximate surface area is 193 Å². The Bertz CT molecular complexity index is 927. The molecule has 0 radical (unpaired) electrons. The van der Waals surface area contributed by atoms with E-state index in [1.54, 1.807) is 58.9 Å². The SMILES string of the molecule is CCCCN(Cc1ccc(C(=O)NO)cc1)C(=O)Nc1ccc(OCCCCN=[N+]=[N-])cc1. The molecule has 0 spiro atoms. The number of unbranched alkanes of at least 4 members (excludes halogenated alkanes) is 2. The quantitative estimate of drug-likeness (QED) is 0.0966. The summed E-state index contributed by atoms with van der Waals surface area (Å²) >= 11 is 0. The van der Waals surface area contributed by atoms with Crippen molar-refractivity contribution in [2.45, 2.75) is 39.2 Å². The number of nitrogens with one attached hydrogen (secondary N) is 2. The molecular weight excluding hydrogens is 424 g/mol. The Morgan fingerprint density at radius 3 is 2.45 bits per heavy atom. The number of rotatable bonds is 13. The fourth-order valence-corrected chi connectivity index (χ4v) is 3.00. The fraction of sp³-hybridized carbons (Fsp3) is 0.391. The predicted molar refractivity (Wildman–Crippen MR) is 125 cm³/mol. The molecule has 0 aromatic heterocycles. The Hall–Kier alpha value is -3.75. The molecule has 33 heavy (non-hydrogen) atoms. The summed E-state index contributed by atoms with van der Waals surface area (Å²) in [4.78, 5) is 28.8. The minimum absolute atomic E-state index is 0.215. The van der Waals surface area contributed by atoms with Crippen LogP contribution in [-0.4, -0.2) is 41.7 Å². The van der Waals surface area contributed by atoms with Crippen LogP contribution >= 0.6 is 0 Å². The highest BCUT2D eigenvalue weighted by molar-refractivity contribution is 5.93. The van der Waals surface area contributed by atoms with E-state index in [9.17, 15) is 9.59 Å². The molecule has 3 amide bonds. The first-order chi connectivity index (χ1) is 16.1. The van der Waals surface area contributed by atoms with Gasteiger partial charge < -0.3 is 15.0 Å². The smallest absolute Gasteiger partial charge is 0.322 e. The van der Waals surface area contributed by atoms with Crippen LogP contribution in [0.1, 0.15) is 48.5 Å². The first-order valence-electron chi connectivity index (χ1n) is 10.9. The van der Waals surface area contributed by atoms with Gasteiger partial charge in [-0.15, -0.1) is 0 Å². The van der Waals surface area contributed by atoms with E-state index in [4.69, 9.17) is 15.5 Å². The minimum Gasteiger partial charge on any atom is -0.494 e. The Balaban J connectivity index is 1.91. The van der Waals surface area contributed by atoms with Crippen LogP contribution in [0.15, 0.2) is 53.6 Å². The summed E-state index contributed by atoms with van der Waals surface area (Å²) in [5, 5.41) is 15.1. The molecule has 0 aliphatic carbocycles. The van der Waals surface area contributed by atoms with Gasteiger partial charge in [0, 0.05) is 35.8 Å². The van der Waals surface area contributed by atoms with Crippen LogP contribution in [0.3, 0.4) is 0 Å². The van der Waals surface area contributed by atoms with E-state index in [-0.39, 0.29) is 6.03 Å². The lowest BCUT2D eigenvalue weighted by atomic mass is 10.1. The maximum Gasteiger partial charge on any atom is 0.322 e. The van der Waals surface area contributed by atoms with Crippen molar-refractivity contribution in [3.63, 3.8) is 0 Å². The van der Waals surface area contributed by atoms with Crippen molar-refractivity contribution in [1.29, 1.82) is 0 Å². The first kappa shape index (κ1) is 25.5. The van der Waals surface area contributed by atoms with Gasteiger partial charge in [0.2, 0.25) is 0 Å². The third-order valence-electron chi connectivity index (χ3n) is 4.85. The molecule has 0 aliphatic heterocycles. The van der Waals surface area contributed by atoms with Gasteiger partial charge in [-0.1, -0.05) is 30.6 Å². The lowest BCUT2D eigenvalue weighted by Crippen LogP contribution is -2.35. The first-order valence-corrected chi connectivity index (χ1v) is 10.9. The van der Waals surface area contributed by atoms with Crippen molar-refractivity contribution >= 4 is 17.6 Å². The van der Waals surface area contributed by atoms with Crippen LogP contribution in [0, 0.1) is 0 Å². The molecule has 0 bridgehead atoms. The molecule has 3 N–H and O–H groups in total. The van der Waals surface area contributed by atoms with Gasteiger partial charge in [0.1, 0.15) is 5.75 Å². The Morgan fingerprint density at radius 2 is 1.82 bits per heavy atom. The minimum atomic E-state index is -0.581. The number of anilines is 1. The number of hydrogen-bond acceptors (Lipinski definition) is 5. The highest BCUT2D eigenvalue weighted by Gasteiger charge is 2.14. The van der Waals surface area contributed by atoms with Crippen molar-refractivity contribution in [1.82, 2.24) is 10.4 Å². The van der Waals surface area contributed by atoms with Crippen LogP contribution in [0.5, 0.6) is 5.75 Å². The lowest BCUT2D eigenvalue weighted by molar-refractivity contribution is 0.0706. The number of urea groups is 1. The molecule has 2 aromatic rings. The number of amides is 3. The molecule has 0 fully saturated rings. The van der Waals surface area contributed by atoms with Gasteiger partial charge in [-0.05, 0) is 66.8 Å². The van der Waals surface area contributed by atoms with Gasteiger partial charge in [-0.25, -0.2) is 10.3 Å². The fourth-order valence-electron chi connectivity index (χ4n) is 3.00. The topological polar surface area (TPSA) is 140 Å². The Morgan fingerprint density at radius 1 is 1.09 bits per heavy atom. The number of carbonyl (C=O) groups excluding carboxylic acids is 2. The number of ether oxygens (including phenoxy) is 1. The molecule has 2 aromatic carbocycles. The largest absolute Gasteiger partial charge is 0.494 e. The normalized spacial score (nSPS) is 10.1.